The Kier molecular flexibility index (Phi) is 5.38. The number of hydrogen-bond donors (Lipinski definition) is 2. The van der Waals surface area contributed by atoms with Gasteiger partial charge >= 0.3 is 0 Å². The van der Waals surface area contributed by atoms with Crippen molar-refractivity contribution in [3.8, 4) is 11.6 Å². The molecule has 3 N–H and O–H groups in total. The minimum Gasteiger partial charge on any atom is -0.493 e. The standard InChI is InChI=1S/C17H19ClN4O2/c18-13-5-3-8-20-16(13)24-11-9-21-17(19)22-14-7-10-23-15-6-2-1-4-12(14)15/h1-6,8,14H,7,9-11H2,(H3,19,21,22). The fraction of sp³-hybridized carbons (Fsp3) is 0.294. The summed E-state index contributed by atoms with van der Waals surface area (Å²) in [6.45, 7) is 1.42. The van der Waals surface area contributed by atoms with Gasteiger partial charge in [-0.2, -0.15) is 0 Å². The van der Waals surface area contributed by atoms with E-state index in [2.05, 4.69) is 15.3 Å². The Balaban J connectivity index is 1.51. The number of benzene rings is 1. The van der Waals surface area contributed by atoms with Crippen LogP contribution < -0.4 is 20.5 Å². The second-order valence-electron chi connectivity index (χ2n) is 5.28. The molecule has 3 rings (SSSR count). The lowest BCUT2D eigenvalue weighted by atomic mass is 10.0. The molecule has 0 spiro atoms. The molecule has 1 atom stereocenters. The van der Waals surface area contributed by atoms with Crippen LogP contribution >= 0.6 is 11.6 Å². The Bertz CT molecular complexity index is 723. The largest absolute Gasteiger partial charge is 0.493 e. The number of halogens is 1. The maximum absolute atomic E-state index is 5.97. The lowest BCUT2D eigenvalue weighted by Crippen LogP contribution is -2.37. The highest BCUT2D eigenvalue weighted by atomic mass is 35.5. The number of nitrogens with one attached hydrogen (secondary N) is 1. The molecule has 0 aliphatic carbocycles. The maximum atomic E-state index is 5.97. The summed E-state index contributed by atoms with van der Waals surface area (Å²) in [5, 5.41) is 3.71. The zero-order valence-electron chi connectivity index (χ0n) is 13.1. The first-order valence-corrected chi connectivity index (χ1v) is 8.13. The van der Waals surface area contributed by atoms with Gasteiger partial charge in [0.05, 0.1) is 19.2 Å². The number of hydrogen-bond acceptors (Lipinski definition) is 4. The summed E-state index contributed by atoms with van der Waals surface area (Å²) in [7, 11) is 0. The van der Waals surface area contributed by atoms with Crippen molar-refractivity contribution in [2.24, 2.45) is 10.7 Å². The van der Waals surface area contributed by atoms with Crippen LogP contribution in [-0.2, 0) is 0 Å². The van der Waals surface area contributed by atoms with Crippen LogP contribution in [0.15, 0.2) is 47.6 Å². The van der Waals surface area contributed by atoms with Crippen molar-refractivity contribution >= 4 is 17.6 Å². The number of rotatable bonds is 5. The number of fused-ring (bicyclic) bond motifs is 1. The van der Waals surface area contributed by atoms with Crippen molar-refractivity contribution in [2.75, 3.05) is 19.8 Å². The summed E-state index contributed by atoms with van der Waals surface area (Å²) in [5.74, 6) is 1.67. The Morgan fingerprint density at radius 1 is 1.38 bits per heavy atom. The van der Waals surface area contributed by atoms with E-state index in [0.717, 1.165) is 17.7 Å². The second kappa shape index (κ2) is 7.88. The Labute approximate surface area is 145 Å². The summed E-state index contributed by atoms with van der Waals surface area (Å²) in [6.07, 6.45) is 2.47. The molecular formula is C17H19ClN4O2. The zero-order chi connectivity index (χ0) is 16.8. The Morgan fingerprint density at radius 2 is 2.25 bits per heavy atom. The number of nitrogens with two attached hydrogens (primary N) is 1. The predicted molar refractivity (Wildman–Crippen MR) is 93.7 cm³/mol. The van der Waals surface area contributed by atoms with Crippen molar-refractivity contribution in [2.45, 2.75) is 12.5 Å². The van der Waals surface area contributed by atoms with Crippen molar-refractivity contribution in [3.05, 3.63) is 53.2 Å². The van der Waals surface area contributed by atoms with E-state index in [9.17, 15) is 0 Å². The molecular weight excluding hydrogens is 328 g/mol. The van der Waals surface area contributed by atoms with E-state index in [1.165, 1.54) is 0 Å². The van der Waals surface area contributed by atoms with E-state index in [-0.39, 0.29) is 6.04 Å². The molecule has 7 heteroatoms. The molecule has 126 valence electrons. The number of ether oxygens (including phenoxy) is 2. The van der Waals surface area contributed by atoms with Gasteiger partial charge in [-0.1, -0.05) is 29.8 Å². The van der Waals surface area contributed by atoms with Crippen LogP contribution in [0, 0.1) is 0 Å². The first-order valence-electron chi connectivity index (χ1n) is 7.75. The molecule has 0 radical (unpaired) electrons. The number of nitrogens with zero attached hydrogens (tertiary/aromatic N) is 2. The van der Waals surface area contributed by atoms with Gasteiger partial charge < -0.3 is 20.5 Å². The lowest BCUT2D eigenvalue weighted by molar-refractivity contribution is 0.262. The van der Waals surface area contributed by atoms with Crippen molar-refractivity contribution in [1.29, 1.82) is 0 Å². The molecule has 6 nitrogen and oxygen atoms in total. The number of para-hydroxylation sites is 1. The number of aliphatic imine (C=N–C) groups is 1. The normalized spacial score (nSPS) is 16.9. The molecule has 2 heterocycles. The molecule has 0 amide bonds. The van der Waals surface area contributed by atoms with Crippen molar-refractivity contribution < 1.29 is 9.47 Å². The molecule has 1 aliphatic heterocycles. The minimum atomic E-state index is 0.102. The number of aromatic nitrogens is 1. The number of guanidine groups is 1. The van der Waals surface area contributed by atoms with E-state index in [4.69, 9.17) is 26.8 Å². The Hall–Kier alpha value is -2.47. The lowest BCUT2D eigenvalue weighted by Gasteiger charge is -2.26. The van der Waals surface area contributed by atoms with Crippen LogP contribution in [0.25, 0.3) is 0 Å². The highest BCUT2D eigenvalue weighted by Crippen LogP contribution is 2.31. The molecule has 0 saturated carbocycles. The molecule has 1 unspecified atom stereocenters. The van der Waals surface area contributed by atoms with Gasteiger partial charge in [0.2, 0.25) is 5.88 Å². The zero-order valence-corrected chi connectivity index (χ0v) is 13.9. The topological polar surface area (TPSA) is 81.8 Å². The van der Waals surface area contributed by atoms with Crippen LogP contribution in [0.2, 0.25) is 5.02 Å². The van der Waals surface area contributed by atoms with E-state index in [0.29, 0.717) is 36.6 Å². The van der Waals surface area contributed by atoms with Crippen LogP contribution in [0.4, 0.5) is 0 Å². The average Bonchev–Trinajstić information content (AvgIpc) is 2.60. The third-order valence-electron chi connectivity index (χ3n) is 3.62. The summed E-state index contributed by atoms with van der Waals surface area (Å²) in [4.78, 5) is 8.33. The molecule has 1 aromatic carbocycles. The summed E-state index contributed by atoms with van der Waals surface area (Å²) >= 11 is 5.97. The predicted octanol–water partition coefficient (Wildman–Crippen LogP) is 2.54. The van der Waals surface area contributed by atoms with Crippen LogP contribution in [0.5, 0.6) is 11.6 Å². The van der Waals surface area contributed by atoms with E-state index < -0.39 is 0 Å². The summed E-state index contributed by atoms with van der Waals surface area (Å²) in [5.41, 5.74) is 7.07. The van der Waals surface area contributed by atoms with Gasteiger partial charge in [0.25, 0.3) is 0 Å². The summed E-state index contributed by atoms with van der Waals surface area (Å²) < 4.78 is 11.1. The molecule has 24 heavy (non-hydrogen) atoms. The highest BCUT2D eigenvalue weighted by Gasteiger charge is 2.21. The SMILES string of the molecule is NC(=NCCOc1ncccc1Cl)NC1CCOc2ccccc21. The third kappa shape index (κ3) is 4.08. The van der Waals surface area contributed by atoms with Gasteiger partial charge in [0.1, 0.15) is 17.4 Å². The fourth-order valence-corrected chi connectivity index (χ4v) is 2.68. The smallest absolute Gasteiger partial charge is 0.232 e. The van der Waals surface area contributed by atoms with Gasteiger partial charge in [-0.3, -0.25) is 0 Å². The molecule has 0 fully saturated rings. The van der Waals surface area contributed by atoms with Crippen LogP contribution in [0.3, 0.4) is 0 Å². The molecule has 2 aromatic rings. The third-order valence-corrected chi connectivity index (χ3v) is 3.91. The summed E-state index contributed by atoms with van der Waals surface area (Å²) in [6, 6.07) is 11.5. The van der Waals surface area contributed by atoms with Gasteiger partial charge in [-0.05, 0) is 18.2 Å². The van der Waals surface area contributed by atoms with E-state index >= 15 is 0 Å². The average molecular weight is 347 g/mol. The second-order valence-corrected chi connectivity index (χ2v) is 5.68. The quantitative estimate of drug-likeness (QED) is 0.494. The molecule has 0 saturated heterocycles. The van der Waals surface area contributed by atoms with E-state index in [1.54, 1.807) is 18.3 Å². The van der Waals surface area contributed by atoms with Crippen LogP contribution in [-0.4, -0.2) is 30.7 Å². The maximum Gasteiger partial charge on any atom is 0.232 e. The monoisotopic (exact) mass is 346 g/mol. The van der Waals surface area contributed by atoms with Gasteiger partial charge in [0.15, 0.2) is 5.96 Å². The van der Waals surface area contributed by atoms with Gasteiger partial charge in [0, 0.05) is 18.2 Å². The number of pyridine rings is 1. The van der Waals surface area contributed by atoms with E-state index in [1.807, 2.05) is 24.3 Å². The van der Waals surface area contributed by atoms with Crippen molar-refractivity contribution in [1.82, 2.24) is 10.3 Å². The fourth-order valence-electron chi connectivity index (χ4n) is 2.50. The first kappa shape index (κ1) is 16.4. The van der Waals surface area contributed by atoms with Crippen molar-refractivity contribution in [3.63, 3.8) is 0 Å². The molecule has 0 bridgehead atoms. The van der Waals surface area contributed by atoms with Crippen LogP contribution in [0.1, 0.15) is 18.0 Å². The van der Waals surface area contributed by atoms with Gasteiger partial charge in [-0.15, -0.1) is 0 Å². The Morgan fingerprint density at radius 3 is 3.12 bits per heavy atom. The molecule has 1 aromatic heterocycles. The first-order chi connectivity index (χ1) is 11.7. The van der Waals surface area contributed by atoms with Gasteiger partial charge in [-0.25, -0.2) is 9.98 Å². The molecule has 1 aliphatic rings. The minimum absolute atomic E-state index is 0.102. The highest BCUT2D eigenvalue weighted by molar-refractivity contribution is 6.31.